The van der Waals surface area contributed by atoms with Gasteiger partial charge in [0.25, 0.3) is 0 Å². The maximum Gasteiger partial charge on any atom is 0.226 e. The van der Waals surface area contributed by atoms with Crippen LogP contribution in [0.25, 0.3) is 0 Å². The average molecular weight is 367 g/mol. The Bertz CT molecular complexity index is 969. The summed E-state index contributed by atoms with van der Waals surface area (Å²) in [4.78, 5) is 12.0. The molecule has 7 heteroatoms. The second-order valence-corrected chi connectivity index (χ2v) is 6.33. The lowest BCUT2D eigenvalue weighted by atomic mass is 9.87. The summed E-state index contributed by atoms with van der Waals surface area (Å²) in [7, 11) is 1.57. The normalized spacial score (nSPS) is 15.8. The van der Waals surface area contributed by atoms with Crippen LogP contribution in [0.4, 0.5) is 10.2 Å². The summed E-state index contributed by atoms with van der Waals surface area (Å²) >= 11 is 0. The molecule has 6 nitrogen and oxygen atoms in total. The van der Waals surface area contributed by atoms with Gasteiger partial charge in [-0.05, 0) is 35.4 Å². The molecule has 3 aromatic rings. The van der Waals surface area contributed by atoms with Crippen LogP contribution in [0.1, 0.15) is 29.0 Å². The fraction of sp³-hybridized carbons (Fsp3) is 0.200. The van der Waals surface area contributed by atoms with Crippen molar-refractivity contribution in [2.24, 2.45) is 0 Å². The molecule has 0 spiro atoms. The van der Waals surface area contributed by atoms with Crippen LogP contribution in [-0.2, 0) is 11.4 Å². The van der Waals surface area contributed by atoms with E-state index in [2.05, 4.69) is 15.5 Å². The van der Waals surface area contributed by atoms with Crippen LogP contribution in [0.15, 0.2) is 48.7 Å². The number of aromatic amines is 1. The second kappa shape index (κ2) is 7.11. The number of aromatic nitrogens is 2. The number of anilines is 1. The lowest BCUT2D eigenvalue weighted by Crippen LogP contribution is -2.23. The highest BCUT2D eigenvalue weighted by Gasteiger charge is 2.28. The van der Waals surface area contributed by atoms with Gasteiger partial charge in [0.05, 0.1) is 13.3 Å². The van der Waals surface area contributed by atoms with E-state index < -0.39 is 0 Å². The average Bonchev–Trinajstić information content (AvgIpc) is 3.15. The predicted molar refractivity (Wildman–Crippen MR) is 97.4 cm³/mol. The first-order valence-corrected chi connectivity index (χ1v) is 8.52. The fourth-order valence-corrected chi connectivity index (χ4v) is 3.21. The SMILES string of the molecule is COc1ccc([C@@H]2CC(=O)Nc3[nH]ncc32)cc1OCc1ccc(F)cc1. The minimum atomic E-state index is -0.287. The highest BCUT2D eigenvalue weighted by atomic mass is 19.1. The summed E-state index contributed by atoms with van der Waals surface area (Å²) < 4.78 is 24.4. The molecule has 0 saturated carbocycles. The summed E-state index contributed by atoms with van der Waals surface area (Å²) in [5, 5.41) is 9.62. The van der Waals surface area contributed by atoms with Crippen molar-refractivity contribution in [1.29, 1.82) is 0 Å². The summed E-state index contributed by atoms with van der Waals surface area (Å²) in [5.41, 5.74) is 2.71. The molecule has 1 aromatic heterocycles. The number of nitrogens with one attached hydrogen (secondary N) is 2. The molecule has 1 aliphatic heterocycles. The number of H-pyrrole nitrogens is 1. The Morgan fingerprint density at radius 3 is 2.78 bits per heavy atom. The van der Waals surface area contributed by atoms with E-state index in [1.165, 1.54) is 12.1 Å². The molecule has 4 rings (SSSR count). The summed E-state index contributed by atoms with van der Waals surface area (Å²) in [6, 6.07) is 11.8. The number of ether oxygens (including phenoxy) is 2. The molecule has 0 saturated heterocycles. The molecule has 2 N–H and O–H groups in total. The molecule has 1 amide bonds. The lowest BCUT2D eigenvalue weighted by Gasteiger charge is -2.23. The van der Waals surface area contributed by atoms with Crippen molar-refractivity contribution in [3.05, 3.63) is 71.2 Å². The van der Waals surface area contributed by atoms with Crippen LogP contribution < -0.4 is 14.8 Å². The number of carbonyl (C=O) groups is 1. The quantitative estimate of drug-likeness (QED) is 0.722. The number of methoxy groups -OCH3 is 1. The Labute approximate surface area is 155 Å². The minimum absolute atomic E-state index is 0.0682. The lowest BCUT2D eigenvalue weighted by molar-refractivity contribution is -0.116. The van der Waals surface area contributed by atoms with E-state index in [4.69, 9.17) is 9.47 Å². The van der Waals surface area contributed by atoms with E-state index in [9.17, 15) is 9.18 Å². The molecule has 1 atom stereocenters. The third kappa shape index (κ3) is 3.48. The van der Waals surface area contributed by atoms with Crippen molar-refractivity contribution in [3.63, 3.8) is 0 Å². The van der Waals surface area contributed by atoms with Crippen LogP contribution in [0.5, 0.6) is 11.5 Å². The summed E-state index contributed by atoms with van der Waals surface area (Å²) in [5.74, 6) is 1.31. The van der Waals surface area contributed by atoms with E-state index in [0.29, 0.717) is 23.7 Å². The minimum Gasteiger partial charge on any atom is -0.493 e. The molecule has 2 heterocycles. The zero-order valence-corrected chi connectivity index (χ0v) is 14.7. The van der Waals surface area contributed by atoms with Crippen LogP contribution in [0.2, 0.25) is 0 Å². The summed E-state index contributed by atoms with van der Waals surface area (Å²) in [6.45, 7) is 0.280. The van der Waals surface area contributed by atoms with E-state index in [-0.39, 0.29) is 24.2 Å². The molecule has 0 fully saturated rings. The number of hydrogen-bond donors (Lipinski definition) is 2. The molecular weight excluding hydrogens is 349 g/mol. The number of rotatable bonds is 5. The molecule has 27 heavy (non-hydrogen) atoms. The number of halogens is 1. The molecule has 0 bridgehead atoms. The molecule has 0 unspecified atom stereocenters. The Hall–Kier alpha value is -3.35. The van der Waals surface area contributed by atoms with E-state index in [0.717, 1.165) is 16.7 Å². The third-order valence-electron chi connectivity index (χ3n) is 4.60. The number of fused-ring (bicyclic) bond motifs is 1. The monoisotopic (exact) mass is 367 g/mol. The fourth-order valence-electron chi connectivity index (χ4n) is 3.21. The van der Waals surface area contributed by atoms with Gasteiger partial charge in [-0.1, -0.05) is 18.2 Å². The van der Waals surface area contributed by atoms with Crippen molar-refractivity contribution in [2.45, 2.75) is 18.9 Å². The molecule has 2 aromatic carbocycles. The maximum absolute atomic E-state index is 13.1. The first-order chi connectivity index (χ1) is 13.1. The third-order valence-corrected chi connectivity index (χ3v) is 4.60. The van der Waals surface area contributed by atoms with Gasteiger partial charge >= 0.3 is 0 Å². The Kier molecular flexibility index (Phi) is 4.50. The number of carbonyl (C=O) groups excluding carboxylic acids is 1. The Morgan fingerprint density at radius 1 is 1.19 bits per heavy atom. The topological polar surface area (TPSA) is 76.2 Å². The van der Waals surface area contributed by atoms with Crippen molar-refractivity contribution < 1.29 is 18.7 Å². The summed E-state index contributed by atoms with van der Waals surface area (Å²) in [6.07, 6.45) is 2.05. The van der Waals surface area contributed by atoms with Gasteiger partial charge < -0.3 is 14.8 Å². The molecule has 0 aliphatic carbocycles. The smallest absolute Gasteiger partial charge is 0.226 e. The zero-order chi connectivity index (χ0) is 18.8. The first-order valence-electron chi connectivity index (χ1n) is 8.52. The predicted octanol–water partition coefficient (Wildman–Crippen LogP) is 3.61. The van der Waals surface area contributed by atoms with Gasteiger partial charge in [-0.2, -0.15) is 5.10 Å². The molecular formula is C20H18FN3O3. The standard InChI is InChI=1S/C20H18FN3O3/c1-26-17-7-4-13(15-9-19(25)23-20-16(15)10-22-24-20)8-18(17)27-11-12-2-5-14(21)6-3-12/h2-8,10,15H,9,11H2,1H3,(H2,22,23,24,25)/t15-/m0/s1. The molecule has 1 aliphatic rings. The first kappa shape index (κ1) is 17.1. The highest BCUT2D eigenvalue weighted by Crippen LogP contribution is 2.39. The van der Waals surface area contributed by atoms with Gasteiger partial charge in [0.2, 0.25) is 5.91 Å². The molecule has 138 valence electrons. The number of hydrogen-bond acceptors (Lipinski definition) is 4. The number of nitrogens with zero attached hydrogens (tertiary/aromatic N) is 1. The van der Waals surface area contributed by atoms with Gasteiger partial charge in [-0.25, -0.2) is 4.39 Å². The van der Waals surface area contributed by atoms with Gasteiger partial charge in [0.15, 0.2) is 11.5 Å². The van der Waals surface area contributed by atoms with E-state index in [1.807, 2.05) is 18.2 Å². The number of benzene rings is 2. The van der Waals surface area contributed by atoms with Crippen LogP contribution in [-0.4, -0.2) is 23.2 Å². The Morgan fingerprint density at radius 2 is 2.00 bits per heavy atom. The number of amides is 1. The van der Waals surface area contributed by atoms with Gasteiger partial charge in [0, 0.05) is 17.9 Å². The Balaban J connectivity index is 1.61. The van der Waals surface area contributed by atoms with E-state index in [1.54, 1.807) is 25.4 Å². The van der Waals surface area contributed by atoms with Gasteiger partial charge in [-0.15, -0.1) is 0 Å². The van der Waals surface area contributed by atoms with Crippen LogP contribution in [0.3, 0.4) is 0 Å². The van der Waals surface area contributed by atoms with Crippen molar-refractivity contribution in [1.82, 2.24) is 10.2 Å². The van der Waals surface area contributed by atoms with Crippen LogP contribution >= 0.6 is 0 Å². The highest BCUT2D eigenvalue weighted by molar-refractivity contribution is 5.94. The van der Waals surface area contributed by atoms with E-state index >= 15 is 0 Å². The zero-order valence-electron chi connectivity index (χ0n) is 14.7. The largest absolute Gasteiger partial charge is 0.493 e. The molecule has 0 radical (unpaired) electrons. The second-order valence-electron chi connectivity index (χ2n) is 6.33. The maximum atomic E-state index is 13.1. The van der Waals surface area contributed by atoms with Crippen LogP contribution in [0, 0.1) is 5.82 Å². The van der Waals surface area contributed by atoms with Gasteiger partial charge in [0.1, 0.15) is 18.2 Å². The van der Waals surface area contributed by atoms with Crippen molar-refractivity contribution in [2.75, 3.05) is 12.4 Å². The van der Waals surface area contributed by atoms with Crippen molar-refractivity contribution >= 4 is 11.7 Å². The van der Waals surface area contributed by atoms with Gasteiger partial charge in [-0.3, -0.25) is 9.89 Å². The van der Waals surface area contributed by atoms with Crippen molar-refractivity contribution in [3.8, 4) is 11.5 Å².